The second kappa shape index (κ2) is 7.74. The zero-order chi connectivity index (χ0) is 19.5. The minimum Gasteiger partial charge on any atom is -0.408 e. The number of aromatic nitrogens is 2. The lowest BCUT2D eigenvalue weighted by atomic mass is 10.1. The first-order chi connectivity index (χ1) is 13.6. The Morgan fingerprint density at radius 1 is 1.21 bits per heavy atom. The SMILES string of the molecule is Cc1cc(CCc2nc3sccc3c(=O)o2)ccc1NC(=O)c1cccnc1. The normalized spacial score (nSPS) is 10.9. The van der Waals surface area contributed by atoms with Gasteiger partial charge in [-0.1, -0.05) is 12.1 Å². The number of aryl methyl sites for hydroxylation is 3. The first-order valence-electron chi connectivity index (χ1n) is 8.78. The van der Waals surface area contributed by atoms with Crippen LogP contribution >= 0.6 is 11.3 Å². The summed E-state index contributed by atoms with van der Waals surface area (Å²) >= 11 is 1.43. The third-order valence-corrected chi connectivity index (χ3v) is 5.20. The van der Waals surface area contributed by atoms with Gasteiger partial charge in [0, 0.05) is 24.5 Å². The van der Waals surface area contributed by atoms with Crippen LogP contribution in [-0.4, -0.2) is 15.9 Å². The van der Waals surface area contributed by atoms with Crippen molar-refractivity contribution in [2.24, 2.45) is 0 Å². The molecule has 28 heavy (non-hydrogen) atoms. The van der Waals surface area contributed by atoms with Crippen molar-refractivity contribution in [2.45, 2.75) is 19.8 Å². The van der Waals surface area contributed by atoms with E-state index in [4.69, 9.17) is 4.42 Å². The molecule has 0 aliphatic carbocycles. The zero-order valence-electron chi connectivity index (χ0n) is 15.1. The lowest BCUT2D eigenvalue weighted by Gasteiger charge is -2.10. The Morgan fingerprint density at radius 3 is 2.89 bits per heavy atom. The Labute approximate surface area is 164 Å². The second-order valence-corrected chi connectivity index (χ2v) is 7.27. The van der Waals surface area contributed by atoms with E-state index < -0.39 is 0 Å². The van der Waals surface area contributed by atoms with Crippen LogP contribution in [0.4, 0.5) is 5.69 Å². The van der Waals surface area contributed by atoms with Gasteiger partial charge in [0.15, 0.2) is 5.89 Å². The Bertz CT molecular complexity index is 1200. The number of benzene rings is 1. The van der Waals surface area contributed by atoms with E-state index in [1.165, 1.54) is 17.5 Å². The van der Waals surface area contributed by atoms with Gasteiger partial charge in [0.05, 0.1) is 10.9 Å². The fraction of sp³-hybridized carbons (Fsp3) is 0.143. The van der Waals surface area contributed by atoms with Crippen LogP contribution < -0.4 is 10.9 Å². The van der Waals surface area contributed by atoms with Crippen LogP contribution in [-0.2, 0) is 12.8 Å². The molecule has 0 aliphatic heterocycles. The molecule has 140 valence electrons. The van der Waals surface area contributed by atoms with E-state index in [0.29, 0.717) is 34.5 Å². The average Bonchev–Trinajstić information content (AvgIpc) is 3.18. The number of thiophene rings is 1. The molecule has 0 saturated heterocycles. The molecule has 0 unspecified atom stereocenters. The molecule has 0 spiro atoms. The molecular weight excluding hydrogens is 374 g/mol. The fourth-order valence-corrected chi connectivity index (χ4v) is 3.68. The van der Waals surface area contributed by atoms with Crippen molar-refractivity contribution in [1.29, 1.82) is 0 Å². The fourth-order valence-electron chi connectivity index (χ4n) is 2.91. The first kappa shape index (κ1) is 18.1. The number of fused-ring (bicyclic) bond motifs is 1. The van der Waals surface area contributed by atoms with E-state index in [2.05, 4.69) is 15.3 Å². The number of pyridine rings is 1. The van der Waals surface area contributed by atoms with Gasteiger partial charge in [-0.2, -0.15) is 0 Å². The third kappa shape index (κ3) is 3.84. The summed E-state index contributed by atoms with van der Waals surface area (Å²) in [5.74, 6) is 0.241. The summed E-state index contributed by atoms with van der Waals surface area (Å²) in [7, 11) is 0. The standard InChI is InChI=1S/C21H17N3O3S/c1-13-11-14(4-6-17(13)23-19(25)15-3-2-9-22-12-15)5-7-18-24-20-16(8-10-28-20)21(26)27-18/h2-4,6,8-12H,5,7H2,1H3,(H,23,25). The summed E-state index contributed by atoms with van der Waals surface area (Å²) < 4.78 is 5.30. The van der Waals surface area contributed by atoms with Crippen LogP contribution in [0.2, 0.25) is 0 Å². The number of hydrogen-bond donors (Lipinski definition) is 1. The Hall–Kier alpha value is -3.32. The van der Waals surface area contributed by atoms with Gasteiger partial charge in [0.1, 0.15) is 4.83 Å². The molecular formula is C21H17N3O3S. The average molecular weight is 391 g/mol. The molecule has 0 saturated carbocycles. The molecule has 6 nitrogen and oxygen atoms in total. The van der Waals surface area contributed by atoms with Crippen LogP contribution in [0.25, 0.3) is 10.2 Å². The van der Waals surface area contributed by atoms with Crippen molar-refractivity contribution in [2.75, 3.05) is 5.32 Å². The maximum atomic E-state index is 12.3. The van der Waals surface area contributed by atoms with Crippen molar-refractivity contribution in [1.82, 2.24) is 9.97 Å². The number of nitrogens with zero attached hydrogens (tertiary/aromatic N) is 2. The molecule has 0 bridgehead atoms. The van der Waals surface area contributed by atoms with Gasteiger partial charge < -0.3 is 9.73 Å². The minimum atomic E-state index is -0.342. The quantitative estimate of drug-likeness (QED) is 0.556. The molecule has 0 atom stereocenters. The van der Waals surface area contributed by atoms with Crippen LogP contribution in [0, 0.1) is 6.92 Å². The Balaban J connectivity index is 1.45. The summed E-state index contributed by atoms with van der Waals surface area (Å²) in [4.78, 5) is 33.3. The van der Waals surface area contributed by atoms with E-state index in [9.17, 15) is 9.59 Å². The number of carbonyl (C=O) groups excluding carboxylic acids is 1. The highest BCUT2D eigenvalue weighted by atomic mass is 32.1. The maximum Gasteiger partial charge on any atom is 0.347 e. The molecule has 4 rings (SSSR count). The number of rotatable bonds is 5. The van der Waals surface area contributed by atoms with Gasteiger partial charge in [-0.3, -0.25) is 9.78 Å². The predicted octanol–water partition coefficient (Wildman–Crippen LogP) is 3.99. The summed E-state index contributed by atoms with van der Waals surface area (Å²) in [6.45, 7) is 1.94. The molecule has 3 heterocycles. The molecule has 3 aromatic heterocycles. The van der Waals surface area contributed by atoms with Gasteiger partial charge in [-0.15, -0.1) is 11.3 Å². The highest BCUT2D eigenvalue weighted by molar-refractivity contribution is 7.16. The van der Waals surface area contributed by atoms with Crippen molar-refractivity contribution in [3.8, 4) is 0 Å². The number of hydrogen-bond acceptors (Lipinski definition) is 6. The first-order valence-corrected chi connectivity index (χ1v) is 9.66. The van der Waals surface area contributed by atoms with Crippen molar-refractivity contribution >= 4 is 33.1 Å². The van der Waals surface area contributed by atoms with Crippen LogP contribution in [0.1, 0.15) is 27.4 Å². The van der Waals surface area contributed by atoms with Crippen LogP contribution in [0.5, 0.6) is 0 Å². The van der Waals surface area contributed by atoms with E-state index in [-0.39, 0.29) is 11.5 Å². The van der Waals surface area contributed by atoms with Crippen molar-refractivity contribution in [3.63, 3.8) is 0 Å². The molecule has 7 heteroatoms. The largest absolute Gasteiger partial charge is 0.408 e. The summed E-state index contributed by atoms with van der Waals surface area (Å²) in [5, 5.41) is 5.26. The molecule has 1 N–H and O–H groups in total. The highest BCUT2D eigenvalue weighted by Gasteiger charge is 2.10. The molecule has 4 aromatic rings. The van der Waals surface area contributed by atoms with Crippen molar-refractivity contribution in [3.05, 3.63) is 87.2 Å². The number of nitrogens with one attached hydrogen (secondary N) is 1. The van der Waals surface area contributed by atoms with E-state index in [1.807, 2.05) is 30.5 Å². The summed E-state index contributed by atoms with van der Waals surface area (Å²) in [6.07, 6.45) is 4.38. The topological polar surface area (TPSA) is 85.1 Å². The lowest BCUT2D eigenvalue weighted by molar-refractivity contribution is 0.102. The van der Waals surface area contributed by atoms with Gasteiger partial charge in [-0.05, 0) is 54.1 Å². The van der Waals surface area contributed by atoms with Gasteiger partial charge in [0.25, 0.3) is 5.91 Å². The molecule has 0 aliphatic rings. The zero-order valence-corrected chi connectivity index (χ0v) is 16.0. The summed E-state index contributed by atoms with van der Waals surface area (Å²) in [6, 6.07) is 11.0. The van der Waals surface area contributed by atoms with E-state index in [1.54, 1.807) is 24.4 Å². The number of amides is 1. The molecule has 1 amide bonds. The highest BCUT2D eigenvalue weighted by Crippen LogP contribution is 2.20. The summed E-state index contributed by atoms with van der Waals surface area (Å²) in [5.41, 5.74) is 2.95. The lowest BCUT2D eigenvalue weighted by Crippen LogP contribution is -2.13. The third-order valence-electron chi connectivity index (χ3n) is 4.39. The van der Waals surface area contributed by atoms with Gasteiger partial charge in [0.2, 0.25) is 0 Å². The predicted molar refractivity (Wildman–Crippen MR) is 109 cm³/mol. The maximum absolute atomic E-state index is 12.3. The van der Waals surface area contributed by atoms with E-state index in [0.717, 1.165) is 16.8 Å². The minimum absolute atomic E-state index is 0.195. The molecule has 1 aromatic carbocycles. The number of carbonyl (C=O) groups is 1. The smallest absolute Gasteiger partial charge is 0.347 e. The van der Waals surface area contributed by atoms with Crippen molar-refractivity contribution < 1.29 is 9.21 Å². The van der Waals surface area contributed by atoms with Gasteiger partial charge in [-0.25, -0.2) is 9.78 Å². The molecule has 0 fully saturated rings. The monoisotopic (exact) mass is 391 g/mol. The Kier molecular flexibility index (Phi) is 4.99. The molecule has 0 radical (unpaired) electrons. The van der Waals surface area contributed by atoms with Crippen LogP contribution in [0.3, 0.4) is 0 Å². The second-order valence-electron chi connectivity index (χ2n) is 6.38. The number of anilines is 1. The van der Waals surface area contributed by atoms with Crippen LogP contribution in [0.15, 0.2) is 63.4 Å². The Morgan fingerprint density at radius 2 is 2.11 bits per heavy atom. The van der Waals surface area contributed by atoms with E-state index >= 15 is 0 Å². The van der Waals surface area contributed by atoms with Gasteiger partial charge >= 0.3 is 5.63 Å².